The molecule has 0 spiro atoms. The molecule has 0 aliphatic rings. The van der Waals surface area contributed by atoms with Crippen LogP contribution in [0.15, 0.2) is 36.4 Å². The minimum absolute atomic E-state index is 0.322. The number of hydrogen-bond donors (Lipinski definition) is 0. The van der Waals surface area contributed by atoms with E-state index < -0.39 is 31.1 Å². The Balaban J connectivity index is 2.48. The second-order valence-corrected chi connectivity index (χ2v) is 5.04. The van der Waals surface area contributed by atoms with Crippen molar-refractivity contribution < 1.29 is 22.1 Å². The Morgan fingerprint density at radius 3 is 1.44 bits per heavy atom. The zero-order chi connectivity index (χ0) is 13.3. The van der Waals surface area contributed by atoms with Crippen LogP contribution < -0.4 is 10.6 Å². The molecule has 2 aromatic rings. The molecule has 0 aliphatic heterocycles. The number of benzene rings is 2. The SMILES string of the molecule is O=[P+](c1ccc(F)cc1F)c1ccc(F)cc1F. The van der Waals surface area contributed by atoms with E-state index in [4.69, 9.17) is 0 Å². The van der Waals surface area contributed by atoms with Crippen LogP contribution in [0, 0.1) is 23.3 Å². The number of hydrogen-bond acceptors (Lipinski definition) is 1. The van der Waals surface area contributed by atoms with Gasteiger partial charge in [0, 0.05) is 12.1 Å². The average Bonchev–Trinajstić information content (AvgIpc) is 2.28. The third kappa shape index (κ3) is 2.41. The van der Waals surface area contributed by atoms with E-state index in [9.17, 15) is 22.1 Å². The first-order valence-electron chi connectivity index (χ1n) is 4.86. The van der Waals surface area contributed by atoms with Crippen molar-refractivity contribution in [2.75, 3.05) is 0 Å². The molecule has 2 rings (SSSR count). The zero-order valence-corrected chi connectivity index (χ0v) is 9.73. The van der Waals surface area contributed by atoms with E-state index in [-0.39, 0.29) is 10.6 Å². The van der Waals surface area contributed by atoms with Gasteiger partial charge in [-0.1, -0.05) is 4.57 Å². The fourth-order valence-electron chi connectivity index (χ4n) is 1.42. The fraction of sp³-hybridized carbons (Fsp3) is 0. The van der Waals surface area contributed by atoms with E-state index in [1.165, 1.54) is 0 Å². The quantitative estimate of drug-likeness (QED) is 0.607. The predicted octanol–water partition coefficient (Wildman–Crippen LogP) is 3.02. The molecule has 6 heteroatoms. The Labute approximate surface area is 101 Å². The van der Waals surface area contributed by atoms with E-state index in [2.05, 4.69) is 0 Å². The molecule has 0 aliphatic carbocycles. The van der Waals surface area contributed by atoms with Crippen molar-refractivity contribution in [3.8, 4) is 0 Å². The van der Waals surface area contributed by atoms with Gasteiger partial charge in [0.2, 0.25) is 10.6 Å². The van der Waals surface area contributed by atoms with Gasteiger partial charge in [0.25, 0.3) is 0 Å². The van der Waals surface area contributed by atoms with Crippen LogP contribution in [-0.2, 0) is 4.57 Å². The minimum Gasteiger partial charge on any atom is -0.207 e. The lowest BCUT2D eigenvalue weighted by Crippen LogP contribution is -2.14. The molecule has 0 radical (unpaired) electrons. The molecule has 92 valence electrons. The summed E-state index contributed by atoms with van der Waals surface area (Å²) in [5.74, 6) is -3.70. The van der Waals surface area contributed by atoms with Crippen molar-refractivity contribution >= 4 is 18.4 Å². The molecule has 0 atom stereocenters. The molecule has 0 unspecified atom stereocenters. The lowest BCUT2D eigenvalue weighted by atomic mass is 10.3. The maximum absolute atomic E-state index is 13.4. The lowest BCUT2D eigenvalue weighted by molar-refractivity contribution is 0.578. The predicted molar refractivity (Wildman–Crippen MR) is 59.6 cm³/mol. The summed E-state index contributed by atoms with van der Waals surface area (Å²) < 4.78 is 64.1. The van der Waals surface area contributed by atoms with Crippen molar-refractivity contribution in [3.05, 3.63) is 59.7 Å². The summed E-state index contributed by atoms with van der Waals surface area (Å²) in [5, 5.41) is -0.645. The highest BCUT2D eigenvalue weighted by Crippen LogP contribution is 2.23. The largest absolute Gasteiger partial charge is 0.421 e. The second kappa shape index (κ2) is 4.86. The van der Waals surface area contributed by atoms with Gasteiger partial charge in [0.1, 0.15) is 11.6 Å². The summed E-state index contributed by atoms with van der Waals surface area (Å²) in [5.41, 5.74) is 0. The van der Waals surface area contributed by atoms with Crippen LogP contribution in [0.3, 0.4) is 0 Å². The van der Waals surface area contributed by atoms with Crippen LogP contribution in [0.2, 0.25) is 0 Å². The second-order valence-electron chi connectivity index (χ2n) is 3.49. The molecule has 0 aromatic heterocycles. The van der Waals surface area contributed by atoms with Crippen LogP contribution in [0.4, 0.5) is 17.6 Å². The molecule has 0 saturated heterocycles. The van der Waals surface area contributed by atoms with Crippen LogP contribution in [0.1, 0.15) is 0 Å². The molecule has 0 fully saturated rings. The Bertz CT molecular complexity index is 574. The molecule has 1 nitrogen and oxygen atoms in total. The van der Waals surface area contributed by atoms with Gasteiger partial charge in [-0.3, -0.25) is 0 Å². The standard InChI is InChI=1S/C12H6F4OP/c13-7-1-3-11(9(15)5-7)18(17)12-4-2-8(14)6-10(12)16/h1-6H/q+1. The van der Waals surface area contributed by atoms with Crippen LogP contribution >= 0.6 is 7.80 Å². The summed E-state index contributed by atoms with van der Waals surface area (Å²) in [6, 6.07) is 4.92. The Hall–Kier alpha value is -1.74. The normalized spacial score (nSPS) is 10.4. The summed E-state index contributed by atoms with van der Waals surface area (Å²) in [4.78, 5) is 0. The van der Waals surface area contributed by atoms with Crippen molar-refractivity contribution in [2.45, 2.75) is 0 Å². The van der Waals surface area contributed by atoms with Crippen molar-refractivity contribution in [1.82, 2.24) is 0 Å². The molecule has 2 aromatic carbocycles. The van der Waals surface area contributed by atoms with Crippen LogP contribution in [0.25, 0.3) is 0 Å². The Morgan fingerprint density at radius 2 is 1.11 bits per heavy atom. The van der Waals surface area contributed by atoms with Gasteiger partial charge in [-0.05, 0) is 24.3 Å². The van der Waals surface area contributed by atoms with Crippen LogP contribution in [0.5, 0.6) is 0 Å². The third-order valence-electron chi connectivity index (χ3n) is 2.26. The van der Waals surface area contributed by atoms with Crippen molar-refractivity contribution in [1.29, 1.82) is 0 Å². The Morgan fingerprint density at radius 1 is 0.722 bits per heavy atom. The number of rotatable bonds is 2. The van der Waals surface area contributed by atoms with Gasteiger partial charge in [0.05, 0.1) is 0 Å². The molecule has 0 bridgehead atoms. The molecule has 0 saturated carbocycles. The molecular weight excluding hydrogens is 267 g/mol. The first kappa shape index (κ1) is 12.7. The van der Waals surface area contributed by atoms with E-state index in [0.717, 1.165) is 24.3 Å². The summed E-state index contributed by atoms with van der Waals surface area (Å²) in [6.07, 6.45) is 0. The zero-order valence-electron chi connectivity index (χ0n) is 8.83. The smallest absolute Gasteiger partial charge is 0.207 e. The monoisotopic (exact) mass is 273 g/mol. The van der Waals surface area contributed by atoms with E-state index >= 15 is 0 Å². The molecule has 18 heavy (non-hydrogen) atoms. The summed E-state index contributed by atoms with van der Waals surface area (Å²) in [7, 11) is -2.57. The molecule has 0 N–H and O–H groups in total. The maximum Gasteiger partial charge on any atom is 0.421 e. The first-order valence-corrected chi connectivity index (χ1v) is 6.12. The van der Waals surface area contributed by atoms with Gasteiger partial charge >= 0.3 is 7.80 Å². The van der Waals surface area contributed by atoms with Crippen molar-refractivity contribution in [3.63, 3.8) is 0 Å². The molecule has 0 amide bonds. The van der Waals surface area contributed by atoms with Gasteiger partial charge in [-0.15, -0.1) is 0 Å². The lowest BCUT2D eigenvalue weighted by Gasteiger charge is -1.94. The van der Waals surface area contributed by atoms with Gasteiger partial charge in [-0.2, -0.15) is 0 Å². The minimum atomic E-state index is -2.57. The average molecular weight is 273 g/mol. The van der Waals surface area contributed by atoms with Gasteiger partial charge in [-0.25, -0.2) is 17.6 Å². The van der Waals surface area contributed by atoms with Crippen molar-refractivity contribution in [2.24, 2.45) is 0 Å². The van der Waals surface area contributed by atoms with Crippen LogP contribution in [-0.4, -0.2) is 0 Å². The maximum atomic E-state index is 13.4. The van der Waals surface area contributed by atoms with E-state index in [1.807, 2.05) is 0 Å². The highest BCUT2D eigenvalue weighted by molar-refractivity contribution is 7.61. The summed E-state index contributed by atoms with van der Waals surface area (Å²) in [6.45, 7) is 0. The highest BCUT2D eigenvalue weighted by Gasteiger charge is 2.31. The molecule has 0 heterocycles. The third-order valence-corrected chi connectivity index (χ3v) is 3.86. The van der Waals surface area contributed by atoms with E-state index in [1.54, 1.807) is 0 Å². The van der Waals surface area contributed by atoms with E-state index in [0.29, 0.717) is 12.1 Å². The highest BCUT2D eigenvalue weighted by atomic mass is 31.1. The van der Waals surface area contributed by atoms with Gasteiger partial charge in [0.15, 0.2) is 11.6 Å². The number of halogens is 4. The first-order chi connectivity index (χ1) is 8.49. The molecular formula is C12H6F4OP+. The van der Waals surface area contributed by atoms with Gasteiger partial charge < -0.3 is 0 Å². The topological polar surface area (TPSA) is 17.1 Å². The summed E-state index contributed by atoms with van der Waals surface area (Å²) >= 11 is 0. The Kier molecular flexibility index (Phi) is 3.43. The fourth-order valence-corrected chi connectivity index (χ4v) is 2.62.